The molecule has 1 aromatic heterocycles. The summed E-state index contributed by atoms with van der Waals surface area (Å²) in [7, 11) is 0. The van der Waals surface area contributed by atoms with Crippen molar-refractivity contribution < 1.29 is 9.53 Å². The quantitative estimate of drug-likeness (QED) is 0.774. The molecule has 1 amide bonds. The molecule has 1 fully saturated rings. The number of hydrogen-bond donors (Lipinski definition) is 3. The summed E-state index contributed by atoms with van der Waals surface area (Å²) in [6.07, 6.45) is 3.29. The number of nitrogens with one attached hydrogen (secondary N) is 3. The van der Waals surface area contributed by atoms with E-state index in [0.717, 1.165) is 25.0 Å². The van der Waals surface area contributed by atoms with E-state index in [0.29, 0.717) is 19.6 Å². The summed E-state index contributed by atoms with van der Waals surface area (Å²) in [6, 6.07) is 8.21. The van der Waals surface area contributed by atoms with Crippen LogP contribution in [0.15, 0.2) is 30.5 Å². The van der Waals surface area contributed by atoms with Gasteiger partial charge in [0.1, 0.15) is 0 Å². The number of morpholine rings is 1. The van der Waals surface area contributed by atoms with Crippen LogP contribution in [-0.4, -0.2) is 43.2 Å². The van der Waals surface area contributed by atoms with E-state index in [4.69, 9.17) is 4.74 Å². The highest BCUT2D eigenvalue weighted by Gasteiger charge is 2.16. The zero-order chi connectivity index (χ0) is 14.5. The van der Waals surface area contributed by atoms with Crippen LogP contribution >= 0.6 is 0 Å². The van der Waals surface area contributed by atoms with Gasteiger partial charge in [-0.1, -0.05) is 18.2 Å². The smallest absolute Gasteiger partial charge is 0.222 e. The van der Waals surface area contributed by atoms with Gasteiger partial charge in [0.15, 0.2) is 0 Å². The summed E-state index contributed by atoms with van der Waals surface area (Å²) in [5.41, 5.74) is 2.38. The molecule has 3 N–H and O–H groups in total. The standard InChI is InChI=1S/C16H21N3O2/c20-16(9-13-11-17-7-8-21-13)18-6-5-12-10-19-15-4-2-1-3-14(12)15/h1-4,10,13,17,19H,5-9,11H2,(H,18,20). The Morgan fingerprint density at radius 1 is 1.38 bits per heavy atom. The van der Waals surface area contributed by atoms with Gasteiger partial charge in [-0.05, 0) is 18.1 Å². The van der Waals surface area contributed by atoms with E-state index < -0.39 is 0 Å². The second kappa shape index (κ2) is 6.74. The van der Waals surface area contributed by atoms with Crippen LogP contribution in [0.2, 0.25) is 0 Å². The molecule has 2 aromatic rings. The first-order chi connectivity index (χ1) is 10.3. The van der Waals surface area contributed by atoms with Crippen molar-refractivity contribution in [1.82, 2.24) is 15.6 Å². The number of hydrogen-bond acceptors (Lipinski definition) is 3. The molecule has 2 heterocycles. The van der Waals surface area contributed by atoms with Crippen molar-refractivity contribution in [3.8, 4) is 0 Å². The van der Waals surface area contributed by atoms with Crippen molar-refractivity contribution in [2.45, 2.75) is 18.9 Å². The molecule has 0 aliphatic carbocycles. The van der Waals surface area contributed by atoms with Crippen LogP contribution < -0.4 is 10.6 Å². The molecule has 0 bridgehead atoms. The molecule has 1 atom stereocenters. The first-order valence-corrected chi connectivity index (χ1v) is 7.47. The van der Waals surface area contributed by atoms with Gasteiger partial charge >= 0.3 is 0 Å². The van der Waals surface area contributed by atoms with Gasteiger partial charge in [0.05, 0.1) is 19.1 Å². The minimum absolute atomic E-state index is 0.00633. The lowest BCUT2D eigenvalue weighted by atomic mass is 10.1. The first kappa shape index (κ1) is 14.1. The van der Waals surface area contributed by atoms with Gasteiger partial charge in [-0.3, -0.25) is 4.79 Å². The fourth-order valence-corrected chi connectivity index (χ4v) is 2.70. The summed E-state index contributed by atoms with van der Waals surface area (Å²) in [4.78, 5) is 15.1. The van der Waals surface area contributed by atoms with Crippen molar-refractivity contribution in [3.05, 3.63) is 36.0 Å². The maximum Gasteiger partial charge on any atom is 0.222 e. The SMILES string of the molecule is O=C(CC1CNCCO1)NCCc1c[nH]c2ccccc12. The number of benzene rings is 1. The third kappa shape index (κ3) is 3.62. The molecule has 112 valence electrons. The molecule has 3 rings (SSSR count). The molecule has 5 heteroatoms. The fraction of sp³-hybridized carbons (Fsp3) is 0.438. The van der Waals surface area contributed by atoms with Crippen molar-refractivity contribution in [2.75, 3.05) is 26.2 Å². The highest BCUT2D eigenvalue weighted by molar-refractivity contribution is 5.83. The van der Waals surface area contributed by atoms with Crippen LogP contribution in [0.1, 0.15) is 12.0 Å². The number of para-hydroxylation sites is 1. The maximum atomic E-state index is 11.9. The highest BCUT2D eigenvalue weighted by atomic mass is 16.5. The van der Waals surface area contributed by atoms with Crippen molar-refractivity contribution in [2.24, 2.45) is 0 Å². The van der Waals surface area contributed by atoms with Crippen LogP contribution in [-0.2, 0) is 16.0 Å². The summed E-state index contributed by atoms with van der Waals surface area (Å²) in [5, 5.41) is 7.43. The first-order valence-electron chi connectivity index (χ1n) is 7.47. The number of H-pyrrole nitrogens is 1. The van der Waals surface area contributed by atoms with E-state index >= 15 is 0 Å². The number of fused-ring (bicyclic) bond motifs is 1. The summed E-state index contributed by atoms with van der Waals surface area (Å²) in [5.74, 6) is 0.0588. The molecule has 5 nitrogen and oxygen atoms in total. The predicted molar refractivity (Wildman–Crippen MR) is 82.2 cm³/mol. The maximum absolute atomic E-state index is 11.9. The molecule has 1 aliphatic rings. The molecule has 21 heavy (non-hydrogen) atoms. The Kier molecular flexibility index (Phi) is 4.52. The molecule has 0 spiro atoms. The monoisotopic (exact) mass is 287 g/mol. The topological polar surface area (TPSA) is 66.2 Å². The van der Waals surface area contributed by atoms with E-state index in [-0.39, 0.29) is 12.0 Å². The Morgan fingerprint density at radius 2 is 2.29 bits per heavy atom. The van der Waals surface area contributed by atoms with Crippen molar-refractivity contribution >= 4 is 16.8 Å². The molecular formula is C16H21N3O2. The molecule has 0 saturated carbocycles. The molecule has 1 saturated heterocycles. The number of carbonyl (C=O) groups excluding carboxylic acids is 1. The average molecular weight is 287 g/mol. The van der Waals surface area contributed by atoms with Crippen LogP contribution in [0.3, 0.4) is 0 Å². The normalized spacial score (nSPS) is 18.8. The largest absolute Gasteiger partial charge is 0.375 e. The molecular weight excluding hydrogens is 266 g/mol. The van der Waals surface area contributed by atoms with Crippen molar-refractivity contribution in [1.29, 1.82) is 0 Å². The van der Waals surface area contributed by atoms with E-state index in [1.54, 1.807) is 0 Å². The third-order valence-electron chi connectivity index (χ3n) is 3.81. The summed E-state index contributed by atoms with van der Waals surface area (Å²) in [6.45, 7) is 2.97. The second-order valence-corrected chi connectivity index (χ2v) is 5.36. The van der Waals surface area contributed by atoms with E-state index in [2.05, 4.69) is 27.8 Å². The molecule has 1 aromatic carbocycles. The number of rotatable bonds is 5. The van der Waals surface area contributed by atoms with Gasteiger partial charge < -0.3 is 20.4 Å². The Morgan fingerprint density at radius 3 is 3.14 bits per heavy atom. The lowest BCUT2D eigenvalue weighted by Crippen LogP contribution is -2.41. The zero-order valence-corrected chi connectivity index (χ0v) is 12.0. The number of aromatic nitrogens is 1. The van der Waals surface area contributed by atoms with Gasteiger partial charge in [-0.25, -0.2) is 0 Å². The zero-order valence-electron chi connectivity index (χ0n) is 12.0. The van der Waals surface area contributed by atoms with E-state index in [1.807, 2.05) is 18.3 Å². The lowest BCUT2D eigenvalue weighted by molar-refractivity contribution is -0.124. The number of carbonyl (C=O) groups is 1. The van der Waals surface area contributed by atoms with Crippen LogP contribution in [0, 0.1) is 0 Å². The molecule has 0 radical (unpaired) electrons. The van der Waals surface area contributed by atoms with Gasteiger partial charge in [-0.15, -0.1) is 0 Å². The van der Waals surface area contributed by atoms with E-state index in [9.17, 15) is 4.79 Å². The van der Waals surface area contributed by atoms with Gasteiger partial charge in [0, 0.05) is 36.7 Å². The van der Waals surface area contributed by atoms with Gasteiger partial charge in [0.2, 0.25) is 5.91 Å². The summed E-state index contributed by atoms with van der Waals surface area (Å²) < 4.78 is 5.53. The Labute approximate surface area is 124 Å². The van der Waals surface area contributed by atoms with Crippen LogP contribution in [0.5, 0.6) is 0 Å². The second-order valence-electron chi connectivity index (χ2n) is 5.36. The molecule has 1 aliphatic heterocycles. The minimum atomic E-state index is 0.00633. The Hall–Kier alpha value is -1.85. The number of amides is 1. The third-order valence-corrected chi connectivity index (χ3v) is 3.81. The van der Waals surface area contributed by atoms with Crippen molar-refractivity contribution in [3.63, 3.8) is 0 Å². The average Bonchev–Trinajstić information content (AvgIpc) is 2.92. The fourth-order valence-electron chi connectivity index (χ4n) is 2.70. The summed E-state index contributed by atoms with van der Waals surface area (Å²) >= 11 is 0. The van der Waals surface area contributed by atoms with E-state index in [1.165, 1.54) is 10.9 Å². The van der Waals surface area contributed by atoms with Crippen LogP contribution in [0.25, 0.3) is 10.9 Å². The highest BCUT2D eigenvalue weighted by Crippen LogP contribution is 2.17. The van der Waals surface area contributed by atoms with Gasteiger partial charge in [0.25, 0.3) is 0 Å². The Bertz CT molecular complexity index is 602. The predicted octanol–water partition coefficient (Wildman–Crippen LogP) is 1.21. The molecule has 1 unspecified atom stereocenters. The lowest BCUT2D eigenvalue weighted by Gasteiger charge is -2.23. The van der Waals surface area contributed by atoms with Gasteiger partial charge in [-0.2, -0.15) is 0 Å². The minimum Gasteiger partial charge on any atom is -0.375 e. The number of aromatic amines is 1. The number of ether oxygens (including phenoxy) is 1. The van der Waals surface area contributed by atoms with Crippen LogP contribution in [0.4, 0.5) is 0 Å². The Balaban J connectivity index is 1.46.